The molecule has 0 saturated heterocycles. The van der Waals surface area contributed by atoms with Crippen molar-refractivity contribution in [2.75, 3.05) is 14.2 Å². The van der Waals surface area contributed by atoms with E-state index in [1.807, 2.05) is 0 Å². The summed E-state index contributed by atoms with van der Waals surface area (Å²) < 4.78 is 8.97. The number of carbonyl (C=O) groups is 2. The lowest BCUT2D eigenvalue weighted by molar-refractivity contribution is 0.0596. The van der Waals surface area contributed by atoms with Crippen molar-refractivity contribution in [3.05, 3.63) is 15.3 Å². The van der Waals surface area contributed by atoms with E-state index in [9.17, 15) is 14.7 Å². The highest BCUT2D eigenvalue weighted by Gasteiger charge is 2.24. The predicted molar refractivity (Wildman–Crippen MR) is 53.4 cm³/mol. The molecule has 0 unspecified atom stereocenters. The molecule has 1 heterocycles. The van der Waals surface area contributed by atoms with Crippen LogP contribution in [-0.2, 0) is 9.47 Å². The number of carbonyl (C=O) groups excluding carboxylic acids is 2. The number of esters is 2. The van der Waals surface area contributed by atoms with Gasteiger partial charge >= 0.3 is 11.9 Å². The average molecular weight is 230 g/mol. The second-order valence-corrected chi connectivity index (χ2v) is 3.74. The number of methoxy groups -OCH3 is 2. The van der Waals surface area contributed by atoms with Crippen LogP contribution in [0.25, 0.3) is 0 Å². The Bertz CT molecular complexity index is 370. The monoisotopic (exact) mass is 230 g/mol. The minimum Gasteiger partial charge on any atom is -0.506 e. The Morgan fingerprint density at radius 1 is 1.13 bits per heavy atom. The molecule has 82 valence electrons. The van der Waals surface area contributed by atoms with E-state index in [2.05, 4.69) is 9.47 Å². The molecule has 0 aromatic carbocycles. The molecular formula is C9H10O5S. The molecule has 0 saturated carbocycles. The molecule has 1 aromatic heterocycles. The van der Waals surface area contributed by atoms with Crippen molar-refractivity contribution in [2.24, 2.45) is 0 Å². The molecule has 0 radical (unpaired) electrons. The van der Waals surface area contributed by atoms with Gasteiger partial charge in [-0.05, 0) is 6.92 Å². The van der Waals surface area contributed by atoms with Crippen molar-refractivity contribution in [3.8, 4) is 5.75 Å². The highest BCUT2D eigenvalue weighted by atomic mass is 32.1. The van der Waals surface area contributed by atoms with Crippen LogP contribution < -0.4 is 0 Å². The van der Waals surface area contributed by atoms with Crippen molar-refractivity contribution in [1.82, 2.24) is 0 Å². The summed E-state index contributed by atoms with van der Waals surface area (Å²) in [4.78, 5) is 22.6. The maximum atomic E-state index is 11.2. The molecule has 0 amide bonds. The predicted octanol–water partition coefficient (Wildman–Crippen LogP) is 1.34. The maximum Gasteiger partial charge on any atom is 0.351 e. The van der Waals surface area contributed by atoms with Crippen LogP contribution in [0.2, 0.25) is 0 Å². The molecule has 0 aliphatic heterocycles. The van der Waals surface area contributed by atoms with E-state index in [0.717, 1.165) is 11.3 Å². The van der Waals surface area contributed by atoms with Gasteiger partial charge in [-0.1, -0.05) is 0 Å². The second-order valence-electron chi connectivity index (χ2n) is 2.72. The first kappa shape index (κ1) is 11.5. The third-order valence-corrected chi connectivity index (χ3v) is 3.10. The van der Waals surface area contributed by atoms with E-state index in [0.29, 0.717) is 5.56 Å². The second kappa shape index (κ2) is 4.31. The fraction of sp³-hybridized carbons (Fsp3) is 0.333. The Morgan fingerprint density at radius 2 is 1.60 bits per heavy atom. The van der Waals surface area contributed by atoms with Crippen LogP contribution in [0.4, 0.5) is 0 Å². The van der Waals surface area contributed by atoms with Gasteiger partial charge in [-0.3, -0.25) is 0 Å². The van der Waals surface area contributed by atoms with Crippen molar-refractivity contribution in [3.63, 3.8) is 0 Å². The summed E-state index contributed by atoms with van der Waals surface area (Å²) >= 11 is 0.852. The van der Waals surface area contributed by atoms with Gasteiger partial charge in [0.1, 0.15) is 10.6 Å². The Kier molecular flexibility index (Phi) is 3.31. The Balaban J connectivity index is 3.24. The van der Waals surface area contributed by atoms with Gasteiger partial charge in [-0.2, -0.15) is 0 Å². The number of thiophene rings is 1. The normalized spacial score (nSPS) is 9.80. The molecule has 1 aromatic rings. The number of aromatic hydroxyl groups is 1. The Labute approximate surface area is 90.2 Å². The molecule has 0 fully saturated rings. The van der Waals surface area contributed by atoms with Gasteiger partial charge < -0.3 is 14.6 Å². The molecule has 0 spiro atoms. The summed E-state index contributed by atoms with van der Waals surface area (Å²) in [5, 5.41) is 9.57. The van der Waals surface area contributed by atoms with Crippen LogP contribution in [0, 0.1) is 6.92 Å². The van der Waals surface area contributed by atoms with Crippen LogP contribution in [-0.4, -0.2) is 31.3 Å². The first-order chi connectivity index (χ1) is 7.02. The molecular weight excluding hydrogens is 220 g/mol. The van der Waals surface area contributed by atoms with Crippen LogP contribution in [0.3, 0.4) is 0 Å². The lowest BCUT2D eigenvalue weighted by atomic mass is 10.2. The highest BCUT2D eigenvalue weighted by Crippen LogP contribution is 2.34. The van der Waals surface area contributed by atoms with Gasteiger partial charge in [0, 0.05) is 5.56 Å². The number of rotatable bonds is 2. The molecule has 0 atom stereocenters. The van der Waals surface area contributed by atoms with E-state index >= 15 is 0 Å². The molecule has 5 nitrogen and oxygen atoms in total. The van der Waals surface area contributed by atoms with Crippen molar-refractivity contribution < 1.29 is 24.2 Å². The molecule has 0 aliphatic carbocycles. The van der Waals surface area contributed by atoms with Gasteiger partial charge in [0.2, 0.25) is 0 Å². The van der Waals surface area contributed by atoms with Crippen LogP contribution in [0.5, 0.6) is 5.75 Å². The summed E-state index contributed by atoms with van der Waals surface area (Å²) in [5.41, 5.74) is 0.326. The Morgan fingerprint density at radius 3 is 2.07 bits per heavy atom. The van der Waals surface area contributed by atoms with Crippen LogP contribution in [0.1, 0.15) is 24.9 Å². The highest BCUT2D eigenvalue weighted by molar-refractivity contribution is 7.16. The number of hydrogen-bond acceptors (Lipinski definition) is 6. The summed E-state index contributed by atoms with van der Waals surface area (Å²) in [6.45, 7) is 1.53. The van der Waals surface area contributed by atoms with Gasteiger partial charge in [0.15, 0.2) is 4.88 Å². The van der Waals surface area contributed by atoms with Crippen LogP contribution >= 0.6 is 11.3 Å². The van der Waals surface area contributed by atoms with E-state index in [1.54, 1.807) is 0 Å². The molecule has 0 aliphatic rings. The minimum atomic E-state index is -0.671. The van der Waals surface area contributed by atoms with Crippen molar-refractivity contribution >= 4 is 23.3 Å². The molecule has 1 rings (SSSR count). The standard InChI is InChI=1S/C9H10O5S/c1-4-5(10)7(9(12)14-3)15-6(4)8(11)13-2/h10H,1-3H3. The molecule has 6 heteroatoms. The van der Waals surface area contributed by atoms with Gasteiger partial charge in [0.05, 0.1) is 14.2 Å². The maximum absolute atomic E-state index is 11.2. The summed E-state index contributed by atoms with van der Waals surface area (Å²) in [7, 11) is 2.44. The first-order valence-corrected chi connectivity index (χ1v) is 4.83. The first-order valence-electron chi connectivity index (χ1n) is 4.01. The SMILES string of the molecule is COC(=O)c1sc(C(=O)OC)c(O)c1C. The Hall–Kier alpha value is -1.56. The van der Waals surface area contributed by atoms with E-state index in [-0.39, 0.29) is 15.5 Å². The summed E-state index contributed by atoms with van der Waals surface area (Å²) in [6.07, 6.45) is 0. The van der Waals surface area contributed by atoms with E-state index in [1.165, 1.54) is 21.1 Å². The lowest BCUT2D eigenvalue weighted by Gasteiger charge is -1.95. The lowest BCUT2D eigenvalue weighted by Crippen LogP contribution is -1.99. The number of hydrogen-bond donors (Lipinski definition) is 1. The zero-order valence-electron chi connectivity index (χ0n) is 8.49. The van der Waals surface area contributed by atoms with E-state index in [4.69, 9.17) is 0 Å². The van der Waals surface area contributed by atoms with Crippen molar-refractivity contribution in [2.45, 2.75) is 6.92 Å². The van der Waals surface area contributed by atoms with E-state index < -0.39 is 11.9 Å². The molecule has 1 N–H and O–H groups in total. The number of ether oxygens (including phenoxy) is 2. The topological polar surface area (TPSA) is 72.8 Å². The van der Waals surface area contributed by atoms with Gasteiger partial charge in [-0.15, -0.1) is 11.3 Å². The third kappa shape index (κ3) is 1.94. The quantitative estimate of drug-likeness (QED) is 0.776. The minimum absolute atomic E-state index is 0.00963. The summed E-state index contributed by atoms with van der Waals surface area (Å²) in [6, 6.07) is 0. The van der Waals surface area contributed by atoms with Crippen LogP contribution in [0.15, 0.2) is 0 Å². The molecule has 15 heavy (non-hydrogen) atoms. The van der Waals surface area contributed by atoms with Gasteiger partial charge in [-0.25, -0.2) is 9.59 Å². The largest absolute Gasteiger partial charge is 0.506 e. The fourth-order valence-corrected chi connectivity index (χ4v) is 2.06. The molecule has 0 bridgehead atoms. The summed E-state index contributed by atoms with van der Waals surface area (Å²) in [5.74, 6) is -1.48. The smallest absolute Gasteiger partial charge is 0.351 e. The third-order valence-electron chi connectivity index (χ3n) is 1.86. The van der Waals surface area contributed by atoms with Crippen molar-refractivity contribution in [1.29, 1.82) is 0 Å². The zero-order chi connectivity index (χ0) is 11.6. The fourth-order valence-electron chi connectivity index (χ4n) is 1.02. The average Bonchev–Trinajstić information content (AvgIpc) is 2.54. The zero-order valence-corrected chi connectivity index (χ0v) is 9.30. The van der Waals surface area contributed by atoms with Gasteiger partial charge in [0.25, 0.3) is 0 Å².